The number of thioether (sulfide) groups is 2. The summed E-state index contributed by atoms with van der Waals surface area (Å²) in [6.07, 6.45) is 8.07. The molecular weight excluding hydrogens is 704 g/mol. The molecule has 1 aromatic carbocycles. The van der Waals surface area contributed by atoms with Crippen LogP contribution in [0.3, 0.4) is 0 Å². The third kappa shape index (κ3) is 6.84. The van der Waals surface area contributed by atoms with E-state index in [1.165, 1.54) is 33.8 Å². The number of nitrogens with one attached hydrogen (secondary N) is 2. The zero-order chi connectivity index (χ0) is 35.5. The minimum Gasteiger partial charge on any atom is -0.477 e. The highest BCUT2D eigenvalue weighted by Gasteiger charge is 2.54. The molecule has 6 rings (SSSR count). The third-order valence-corrected chi connectivity index (χ3v) is 11.9. The molecule has 3 aromatic rings. The standard InChI is InChI=1S/C33H35FN8O5S3/c1-4-11-47-39-26(22-17-50-33(35)37-22)29(43)38-27-30(44)42-28(32(45)46)18(16-49-31(27)42)15-48-25-7-9-40(6-3)23-13-24(21(34)12-20(23)25)41-10-8-36-14-19(41)5-2/h1,7,9,12-13,17,19,27,31,36H,5-6,8,10-11,14-16H2,2-3H3,(H3-,35,37,38,43,45,46)/p+1/b39-26-. The van der Waals surface area contributed by atoms with Gasteiger partial charge in [-0.3, -0.25) is 14.5 Å². The number of terminal acetylenes is 1. The number of thiazole rings is 1. The van der Waals surface area contributed by atoms with Crippen molar-refractivity contribution < 1.29 is 33.3 Å². The zero-order valence-corrected chi connectivity index (χ0v) is 29.8. The van der Waals surface area contributed by atoms with Gasteiger partial charge in [-0.15, -0.1) is 41.3 Å². The Morgan fingerprint density at radius 2 is 2.20 bits per heavy atom. The van der Waals surface area contributed by atoms with Crippen molar-refractivity contribution in [2.24, 2.45) is 5.16 Å². The number of benzene rings is 1. The molecular formula is C33H36FN8O5S3+. The number of β-lactam (4-membered cyclic amide) rings is 1. The molecule has 0 bridgehead atoms. The molecule has 3 aliphatic rings. The summed E-state index contributed by atoms with van der Waals surface area (Å²) in [5.74, 6) is -0.0384. The van der Waals surface area contributed by atoms with Crippen molar-refractivity contribution in [3.63, 3.8) is 0 Å². The Balaban J connectivity index is 1.22. The van der Waals surface area contributed by atoms with Crippen LogP contribution in [0.5, 0.6) is 0 Å². The Morgan fingerprint density at radius 3 is 2.90 bits per heavy atom. The molecule has 0 saturated carbocycles. The number of nitrogen functional groups attached to an aromatic ring is 1. The molecule has 3 atom stereocenters. The number of carboxylic acid groups (broad SMARTS) is 1. The van der Waals surface area contributed by atoms with Gasteiger partial charge in [0.2, 0.25) is 5.52 Å². The molecule has 5 N–H and O–H groups in total. The molecule has 2 saturated heterocycles. The third-order valence-electron chi connectivity index (χ3n) is 8.74. The van der Waals surface area contributed by atoms with Gasteiger partial charge < -0.3 is 31.2 Å². The first-order valence-corrected chi connectivity index (χ1v) is 18.9. The molecule has 17 heteroatoms. The van der Waals surface area contributed by atoms with Crippen LogP contribution < -0.4 is 25.8 Å². The van der Waals surface area contributed by atoms with Gasteiger partial charge in [-0.25, -0.2) is 14.2 Å². The second-order valence-electron chi connectivity index (χ2n) is 11.6. The number of hydrogen-bond acceptors (Lipinski definition) is 12. The number of pyridine rings is 1. The maximum absolute atomic E-state index is 15.8. The number of amides is 2. The molecule has 0 radical (unpaired) electrons. The predicted octanol–water partition coefficient (Wildman–Crippen LogP) is 2.40. The molecule has 13 nitrogen and oxygen atoms in total. The van der Waals surface area contributed by atoms with Gasteiger partial charge in [0.25, 0.3) is 11.8 Å². The van der Waals surface area contributed by atoms with Crippen molar-refractivity contribution in [3.8, 4) is 12.3 Å². The van der Waals surface area contributed by atoms with Crippen LogP contribution >= 0.6 is 34.9 Å². The fourth-order valence-corrected chi connectivity index (χ4v) is 9.35. The van der Waals surface area contributed by atoms with Crippen LogP contribution in [0.4, 0.5) is 15.2 Å². The molecule has 2 fully saturated rings. The van der Waals surface area contributed by atoms with Gasteiger partial charge in [-0.1, -0.05) is 18.0 Å². The number of nitrogens with two attached hydrogens (primary N) is 1. The number of carboxylic acids is 1. The topological polar surface area (TPSA) is 166 Å². The van der Waals surface area contributed by atoms with E-state index < -0.39 is 29.2 Å². The van der Waals surface area contributed by atoms with E-state index >= 15 is 4.39 Å². The summed E-state index contributed by atoms with van der Waals surface area (Å²) in [5, 5.41) is 21.9. The fraction of sp³-hybridized carbons (Fsp3) is 0.394. The van der Waals surface area contributed by atoms with Crippen LogP contribution in [0.1, 0.15) is 26.0 Å². The Labute approximate surface area is 300 Å². The number of aryl methyl sites for hydroxylation is 1. The average Bonchev–Trinajstić information content (AvgIpc) is 3.55. The number of anilines is 2. The molecule has 3 aliphatic heterocycles. The lowest BCUT2D eigenvalue weighted by molar-refractivity contribution is -0.668. The summed E-state index contributed by atoms with van der Waals surface area (Å²) in [4.78, 5) is 52.4. The highest BCUT2D eigenvalue weighted by molar-refractivity contribution is 8.01. The van der Waals surface area contributed by atoms with Crippen LogP contribution in [-0.2, 0) is 25.8 Å². The van der Waals surface area contributed by atoms with E-state index in [0.29, 0.717) is 30.1 Å². The van der Waals surface area contributed by atoms with E-state index in [4.69, 9.17) is 17.0 Å². The van der Waals surface area contributed by atoms with Crippen LogP contribution in [0.15, 0.2) is 51.1 Å². The highest BCUT2D eigenvalue weighted by atomic mass is 32.2. The maximum atomic E-state index is 15.8. The smallest absolute Gasteiger partial charge is 0.352 e. The number of piperazine rings is 1. The first-order chi connectivity index (χ1) is 24.2. The normalized spacial score (nSPS) is 20.7. The van der Waals surface area contributed by atoms with Gasteiger partial charge >= 0.3 is 5.97 Å². The van der Waals surface area contributed by atoms with E-state index in [0.717, 1.165) is 46.6 Å². The number of halogens is 1. The number of hydrogen-bond donors (Lipinski definition) is 4. The number of nitrogens with zero attached hydrogens (tertiary/aromatic N) is 5. The first kappa shape index (κ1) is 35.5. The number of carbonyl (C=O) groups is 3. The predicted molar refractivity (Wildman–Crippen MR) is 192 cm³/mol. The maximum Gasteiger partial charge on any atom is 0.352 e. The van der Waals surface area contributed by atoms with Gasteiger partial charge in [0.05, 0.1) is 11.1 Å². The van der Waals surface area contributed by atoms with Crippen LogP contribution in [0.2, 0.25) is 0 Å². The minimum absolute atomic E-state index is 0.114. The lowest BCUT2D eigenvalue weighted by Crippen LogP contribution is -2.71. The van der Waals surface area contributed by atoms with E-state index in [2.05, 4.69) is 43.1 Å². The largest absolute Gasteiger partial charge is 0.477 e. The molecule has 0 spiro atoms. The van der Waals surface area contributed by atoms with Gasteiger partial charge in [-0.05, 0) is 25.0 Å². The van der Waals surface area contributed by atoms with Crippen molar-refractivity contribution in [2.75, 3.05) is 48.4 Å². The monoisotopic (exact) mass is 739 g/mol. The van der Waals surface area contributed by atoms with Gasteiger partial charge in [0.1, 0.15) is 35.2 Å². The first-order valence-electron chi connectivity index (χ1n) is 16.0. The Kier molecular flexibility index (Phi) is 10.8. The van der Waals surface area contributed by atoms with Crippen LogP contribution in [-0.4, -0.2) is 93.7 Å². The fourth-order valence-electron chi connectivity index (χ4n) is 6.28. The Bertz CT molecular complexity index is 1950. The SMILES string of the molecule is C#CCO/N=C(\C(=O)NC1C(=O)N2C(C(=O)O)=C(CSc3cc[n+](CC)c4cc(N5CCNCC5CC)c(F)cc34)CSC12)c1csc(N)n1. The van der Waals surface area contributed by atoms with Gasteiger partial charge in [0.15, 0.2) is 23.6 Å². The van der Waals surface area contributed by atoms with Crippen molar-refractivity contribution in [1.82, 2.24) is 20.5 Å². The number of aliphatic carboxylic acids is 1. The summed E-state index contributed by atoms with van der Waals surface area (Å²) >= 11 is 3.84. The number of carbonyl (C=O) groups excluding carboxylic acids is 2. The number of fused-ring (bicyclic) bond motifs is 2. The molecule has 262 valence electrons. The number of aromatic nitrogens is 2. The van der Waals surface area contributed by atoms with Gasteiger partial charge in [-0.2, -0.15) is 4.57 Å². The van der Waals surface area contributed by atoms with Crippen LogP contribution in [0.25, 0.3) is 10.9 Å². The van der Waals surface area contributed by atoms with Crippen molar-refractivity contribution in [1.29, 1.82) is 0 Å². The van der Waals surface area contributed by atoms with Gasteiger partial charge in [0, 0.05) is 59.6 Å². The van der Waals surface area contributed by atoms with E-state index in [1.807, 2.05) is 25.3 Å². The quantitative estimate of drug-likeness (QED) is 0.0410. The summed E-state index contributed by atoms with van der Waals surface area (Å²) in [7, 11) is 0. The summed E-state index contributed by atoms with van der Waals surface area (Å²) < 4.78 is 17.9. The number of rotatable bonds is 12. The summed E-state index contributed by atoms with van der Waals surface area (Å²) in [6.45, 7) is 6.92. The average molecular weight is 740 g/mol. The van der Waals surface area contributed by atoms with E-state index in [1.54, 1.807) is 6.07 Å². The summed E-state index contributed by atoms with van der Waals surface area (Å²) in [5.41, 5.74) is 7.56. The second-order valence-corrected chi connectivity index (χ2v) is 14.7. The minimum atomic E-state index is -1.24. The number of oxime groups is 1. The summed E-state index contributed by atoms with van der Waals surface area (Å²) in [6, 6.07) is 4.59. The molecule has 50 heavy (non-hydrogen) atoms. The molecule has 5 heterocycles. The molecule has 2 aromatic heterocycles. The van der Waals surface area contributed by atoms with E-state index in [-0.39, 0.29) is 46.5 Å². The van der Waals surface area contributed by atoms with Crippen LogP contribution in [0, 0.1) is 18.2 Å². The van der Waals surface area contributed by atoms with Crippen molar-refractivity contribution in [3.05, 3.63) is 52.6 Å². The molecule has 2 amide bonds. The Hall–Kier alpha value is -4.37. The van der Waals surface area contributed by atoms with Crippen molar-refractivity contribution >= 4 is 80.1 Å². The molecule has 3 unspecified atom stereocenters. The Morgan fingerprint density at radius 1 is 1.38 bits per heavy atom. The zero-order valence-electron chi connectivity index (χ0n) is 27.3. The highest BCUT2D eigenvalue weighted by Crippen LogP contribution is 2.42. The molecule has 0 aliphatic carbocycles. The lowest BCUT2D eigenvalue weighted by Gasteiger charge is -2.49. The second kappa shape index (κ2) is 15.3. The van der Waals surface area contributed by atoms with E-state index in [9.17, 15) is 19.5 Å². The van der Waals surface area contributed by atoms with Crippen molar-refractivity contribution in [2.45, 2.75) is 49.2 Å². The lowest BCUT2D eigenvalue weighted by atomic mass is 10.0.